The van der Waals surface area contributed by atoms with E-state index in [4.69, 9.17) is 0 Å². The van der Waals surface area contributed by atoms with Crippen molar-refractivity contribution in [3.05, 3.63) is 93.2 Å². The number of nitrogens with one attached hydrogen (secondary N) is 2. The molecule has 1 aliphatic carbocycles. The van der Waals surface area contributed by atoms with Crippen molar-refractivity contribution in [1.82, 2.24) is 15.6 Å². The Bertz CT molecular complexity index is 1360. The number of nitrogens with zero attached hydrogens (tertiary/aromatic N) is 3. The number of benzene rings is 3. The predicted molar refractivity (Wildman–Crippen MR) is 117 cm³/mol. The van der Waals surface area contributed by atoms with Crippen LogP contribution in [0.5, 0.6) is 0 Å². The number of nitro benzene ring substituents is 1. The highest BCUT2D eigenvalue weighted by Crippen LogP contribution is 2.36. The summed E-state index contributed by atoms with van der Waals surface area (Å²) in [4.78, 5) is 23.0. The van der Waals surface area contributed by atoms with Crippen molar-refractivity contribution in [2.24, 2.45) is 5.10 Å². The Kier molecular flexibility index (Phi) is 4.51. The summed E-state index contributed by atoms with van der Waals surface area (Å²) < 4.78 is 0. The number of hydrogen-bond acceptors (Lipinski definition) is 5. The van der Waals surface area contributed by atoms with Crippen molar-refractivity contribution < 1.29 is 9.72 Å². The Labute approximate surface area is 176 Å². The largest absolute Gasteiger partial charge is 0.289 e. The lowest BCUT2D eigenvalue weighted by Crippen LogP contribution is -2.18. The molecule has 0 aliphatic heterocycles. The molecule has 0 atom stereocenters. The zero-order valence-electron chi connectivity index (χ0n) is 16.3. The van der Waals surface area contributed by atoms with E-state index in [1.54, 1.807) is 24.3 Å². The van der Waals surface area contributed by atoms with E-state index in [2.05, 4.69) is 38.9 Å². The van der Waals surface area contributed by atoms with Crippen molar-refractivity contribution in [3.8, 4) is 11.3 Å². The number of aryl methyl sites for hydroxylation is 2. The van der Waals surface area contributed by atoms with Gasteiger partial charge in [-0.25, -0.2) is 5.43 Å². The summed E-state index contributed by atoms with van der Waals surface area (Å²) in [5.41, 5.74) is 7.15. The van der Waals surface area contributed by atoms with Crippen LogP contribution in [0.25, 0.3) is 22.0 Å². The van der Waals surface area contributed by atoms with Gasteiger partial charge in [-0.05, 0) is 46.9 Å². The lowest BCUT2D eigenvalue weighted by atomic mass is 9.98. The first-order valence-corrected chi connectivity index (χ1v) is 9.78. The SMILES string of the molecule is O=C(N/N=C\c1ccccc1[N+](=O)[O-])c1cc(-c2ccc3c4c(cccc24)CC3)n[nH]1. The minimum absolute atomic E-state index is 0.0867. The van der Waals surface area contributed by atoms with Gasteiger partial charge in [-0.15, -0.1) is 0 Å². The third-order valence-corrected chi connectivity index (χ3v) is 5.48. The van der Waals surface area contributed by atoms with E-state index in [0.29, 0.717) is 11.3 Å². The molecule has 8 heteroatoms. The van der Waals surface area contributed by atoms with Crippen molar-refractivity contribution in [3.63, 3.8) is 0 Å². The summed E-state index contributed by atoms with van der Waals surface area (Å²) in [5, 5.41) is 24.4. The van der Waals surface area contributed by atoms with Crippen LogP contribution in [0.2, 0.25) is 0 Å². The highest BCUT2D eigenvalue weighted by molar-refractivity contribution is 6.02. The Morgan fingerprint density at radius 3 is 2.74 bits per heavy atom. The Morgan fingerprint density at radius 1 is 1.10 bits per heavy atom. The van der Waals surface area contributed by atoms with E-state index in [-0.39, 0.29) is 11.4 Å². The Balaban J connectivity index is 1.38. The smallest absolute Gasteiger partial charge is 0.272 e. The number of hydrazone groups is 1. The molecule has 0 bridgehead atoms. The average molecular weight is 411 g/mol. The van der Waals surface area contributed by atoms with Crippen LogP contribution >= 0.6 is 0 Å². The molecule has 31 heavy (non-hydrogen) atoms. The normalized spacial score (nSPS) is 12.5. The molecule has 0 saturated carbocycles. The fourth-order valence-corrected chi connectivity index (χ4v) is 4.03. The molecule has 1 heterocycles. The summed E-state index contributed by atoms with van der Waals surface area (Å²) in [7, 11) is 0. The highest BCUT2D eigenvalue weighted by Gasteiger charge is 2.18. The number of para-hydroxylation sites is 1. The number of carbonyl (C=O) groups is 1. The molecule has 1 aliphatic rings. The quantitative estimate of drug-likeness (QED) is 0.293. The van der Waals surface area contributed by atoms with Crippen molar-refractivity contribution >= 4 is 28.6 Å². The zero-order valence-corrected chi connectivity index (χ0v) is 16.3. The average Bonchev–Trinajstić information content (AvgIpc) is 3.43. The standard InChI is InChI=1S/C23H17N5O3/c29-23(27-24-13-16-4-1-2-7-21(16)28(30)31)20-12-19(25-26-20)17-11-10-15-9-8-14-5-3-6-18(17)22(14)15/h1-7,10-13H,8-9H2,(H,25,26)(H,27,29)/b24-13-. The van der Waals surface area contributed by atoms with Crippen LogP contribution in [-0.2, 0) is 12.8 Å². The topological polar surface area (TPSA) is 113 Å². The molecular formula is C23H17N5O3. The first kappa shape index (κ1) is 18.7. The third-order valence-electron chi connectivity index (χ3n) is 5.48. The molecular weight excluding hydrogens is 394 g/mol. The minimum atomic E-state index is -0.498. The van der Waals surface area contributed by atoms with Gasteiger partial charge in [-0.2, -0.15) is 10.2 Å². The molecule has 5 rings (SSSR count). The maximum absolute atomic E-state index is 12.5. The van der Waals surface area contributed by atoms with Crippen LogP contribution in [0.15, 0.2) is 65.8 Å². The van der Waals surface area contributed by atoms with Gasteiger partial charge in [0.1, 0.15) is 5.69 Å². The van der Waals surface area contributed by atoms with Crippen LogP contribution in [0.1, 0.15) is 27.2 Å². The Hall–Kier alpha value is -4.33. The van der Waals surface area contributed by atoms with Crippen LogP contribution in [-0.4, -0.2) is 27.2 Å². The van der Waals surface area contributed by atoms with Crippen LogP contribution in [0, 0.1) is 10.1 Å². The molecule has 1 aromatic heterocycles. The number of rotatable bonds is 5. The maximum Gasteiger partial charge on any atom is 0.289 e. The van der Waals surface area contributed by atoms with Gasteiger partial charge in [0, 0.05) is 11.6 Å². The fraction of sp³-hybridized carbons (Fsp3) is 0.0870. The van der Waals surface area contributed by atoms with E-state index >= 15 is 0 Å². The number of hydrogen-bond donors (Lipinski definition) is 2. The summed E-state index contributed by atoms with van der Waals surface area (Å²) in [5.74, 6) is -0.487. The molecule has 0 radical (unpaired) electrons. The van der Waals surface area contributed by atoms with E-state index in [0.717, 1.165) is 23.8 Å². The van der Waals surface area contributed by atoms with Gasteiger partial charge in [0.2, 0.25) is 0 Å². The molecule has 4 aromatic rings. The lowest BCUT2D eigenvalue weighted by molar-refractivity contribution is -0.385. The molecule has 0 unspecified atom stereocenters. The number of carbonyl (C=O) groups excluding carboxylic acids is 1. The van der Waals surface area contributed by atoms with Crippen molar-refractivity contribution in [1.29, 1.82) is 0 Å². The molecule has 2 N–H and O–H groups in total. The molecule has 1 amide bonds. The second kappa shape index (κ2) is 7.49. The third kappa shape index (κ3) is 3.33. The van der Waals surface area contributed by atoms with Gasteiger partial charge < -0.3 is 0 Å². The summed E-state index contributed by atoms with van der Waals surface area (Å²) >= 11 is 0. The number of nitro groups is 1. The second-order valence-electron chi connectivity index (χ2n) is 7.29. The van der Waals surface area contributed by atoms with Crippen molar-refractivity contribution in [2.45, 2.75) is 12.8 Å². The number of aromatic nitrogens is 2. The molecule has 0 spiro atoms. The van der Waals surface area contributed by atoms with E-state index in [1.807, 2.05) is 12.1 Å². The van der Waals surface area contributed by atoms with E-state index < -0.39 is 10.8 Å². The molecule has 0 saturated heterocycles. The predicted octanol–water partition coefficient (Wildman–Crippen LogP) is 4.00. The fourth-order valence-electron chi connectivity index (χ4n) is 4.03. The van der Waals surface area contributed by atoms with Gasteiger partial charge in [-0.3, -0.25) is 20.0 Å². The maximum atomic E-state index is 12.5. The Morgan fingerprint density at radius 2 is 1.90 bits per heavy atom. The van der Waals surface area contributed by atoms with Crippen LogP contribution < -0.4 is 5.43 Å². The first-order valence-electron chi connectivity index (χ1n) is 9.78. The van der Waals surface area contributed by atoms with Gasteiger partial charge in [0.05, 0.1) is 22.4 Å². The van der Waals surface area contributed by atoms with E-state index in [1.165, 1.54) is 28.8 Å². The lowest BCUT2D eigenvalue weighted by Gasteiger charge is -2.06. The molecule has 152 valence electrons. The van der Waals surface area contributed by atoms with Gasteiger partial charge in [0.25, 0.3) is 11.6 Å². The van der Waals surface area contributed by atoms with Crippen molar-refractivity contribution in [2.75, 3.05) is 0 Å². The highest BCUT2D eigenvalue weighted by atomic mass is 16.6. The van der Waals surface area contributed by atoms with Crippen LogP contribution in [0.3, 0.4) is 0 Å². The van der Waals surface area contributed by atoms with Gasteiger partial charge in [-0.1, -0.05) is 42.5 Å². The summed E-state index contributed by atoms with van der Waals surface area (Å²) in [6, 6.07) is 18.3. The first-order chi connectivity index (χ1) is 15.1. The second-order valence-corrected chi connectivity index (χ2v) is 7.29. The molecule has 0 fully saturated rings. The summed E-state index contributed by atoms with van der Waals surface area (Å²) in [6.07, 6.45) is 3.33. The summed E-state index contributed by atoms with van der Waals surface area (Å²) in [6.45, 7) is 0. The minimum Gasteiger partial charge on any atom is -0.272 e. The molecule has 3 aromatic carbocycles. The van der Waals surface area contributed by atoms with Gasteiger partial charge in [0.15, 0.2) is 0 Å². The van der Waals surface area contributed by atoms with E-state index in [9.17, 15) is 14.9 Å². The monoisotopic (exact) mass is 411 g/mol. The number of amides is 1. The number of aromatic amines is 1. The molecule has 8 nitrogen and oxygen atoms in total. The van der Waals surface area contributed by atoms with Gasteiger partial charge >= 0.3 is 0 Å². The van der Waals surface area contributed by atoms with Crippen LogP contribution in [0.4, 0.5) is 5.69 Å². The number of H-pyrrole nitrogens is 1. The zero-order chi connectivity index (χ0) is 21.4.